The van der Waals surface area contributed by atoms with Crippen molar-refractivity contribution in [3.05, 3.63) is 35.5 Å². The molecular formula is C6H8N2O3. The lowest BCUT2D eigenvalue weighted by molar-refractivity contribution is -1.19. The van der Waals surface area contributed by atoms with E-state index in [0.717, 1.165) is 0 Å². The molecule has 0 saturated heterocycles. The quantitative estimate of drug-likeness (QED) is 0.560. The lowest BCUT2D eigenvalue weighted by Gasteiger charge is -2.13. The van der Waals surface area contributed by atoms with Crippen molar-refractivity contribution < 1.29 is 15.2 Å². The van der Waals surface area contributed by atoms with Gasteiger partial charge in [-0.3, -0.25) is 4.84 Å². The van der Waals surface area contributed by atoms with Crippen molar-refractivity contribution in [3.63, 3.8) is 0 Å². The predicted molar refractivity (Wildman–Crippen MR) is 36.7 cm³/mol. The maximum absolute atomic E-state index is 10.4. The summed E-state index contributed by atoms with van der Waals surface area (Å²) in [5.41, 5.74) is 0. The molecule has 5 heteroatoms. The van der Waals surface area contributed by atoms with Gasteiger partial charge in [-0.25, -0.2) is 0 Å². The molecule has 0 fully saturated rings. The first-order valence-corrected chi connectivity index (χ1v) is 2.96. The van der Waals surface area contributed by atoms with E-state index in [1.54, 1.807) is 30.3 Å². The molecule has 0 aliphatic rings. The van der Waals surface area contributed by atoms with E-state index in [2.05, 4.69) is 15.7 Å². The second kappa shape index (κ2) is 3.89. The van der Waals surface area contributed by atoms with Gasteiger partial charge in [0.05, 0.1) is 0 Å². The summed E-state index contributed by atoms with van der Waals surface area (Å²) in [6.45, 7) is 0. The van der Waals surface area contributed by atoms with Crippen LogP contribution in [0.3, 0.4) is 0 Å². The summed E-state index contributed by atoms with van der Waals surface area (Å²) in [6.07, 6.45) is 0. The third-order valence-electron chi connectivity index (χ3n) is 1.04. The van der Waals surface area contributed by atoms with Crippen LogP contribution in [0.15, 0.2) is 30.3 Å². The SMILES string of the molecule is NO[NH+]([O-])Oc1ccccc1. The molecule has 0 aliphatic heterocycles. The summed E-state index contributed by atoms with van der Waals surface area (Å²) in [4.78, 5) is 8.37. The first kappa shape index (κ1) is 7.96. The predicted octanol–water partition coefficient (Wildman–Crippen LogP) is -0.832. The third-order valence-corrected chi connectivity index (χ3v) is 1.04. The van der Waals surface area contributed by atoms with E-state index in [9.17, 15) is 5.21 Å². The van der Waals surface area contributed by atoms with Gasteiger partial charge in [0.1, 0.15) is 0 Å². The lowest BCUT2D eigenvalue weighted by atomic mass is 10.3. The highest BCUT2D eigenvalue weighted by atomic mass is 17.1. The van der Waals surface area contributed by atoms with Crippen LogP contribution in [0.4, 0.5) is 0 Å². The highest BCUT2D eigenvalue weighted by Crippen LogP contribution is 2.04. The molecule has 1 aromatic carbocycles. The second-order valence-corrected chi connectivity index (χ2v) is 1.78. The Kier molecular flexibility index (Phi) is 2.82. The van der Waals surface area contributed by atoms with Crippen molar-refractivity contribution >= 4 is 0 Å². The van der Waals surface area contributed by atoms with E-state index in [0.29, 0.717) is 5.75 Å². The van der Waals surface area contributed by atoms with Gasteiger partial charge in [-0.2, -0.15) is 5.90 Å². The molecule has 1 aromatic rings. The van der Waals surface area contributed by atoms with Crippen LogP contribution in [-0.4, -0.2) is 0 Å². The average Bonchev–Trinajstić information content (AvgIpc) is 2.06. The van der Waals surface area contributed by atoms with Crippen LogP contribution < -0.4 is 16.1 Å². The number of rotatable bonds is 3. The first-order valence-electron chi connectivity index (χ1n) is 2.96. The summed E-state index contributed by atoms with van der Waals surface area (Å²) in [5, 5.41) is 9.49. The molecule has 0 amide bonds. The van der Waals surface area contributed by atoms with Crippen molar-refractivity contribution in [2.75, 3.05) is 0 Å². The maximum atomic E-state index is 10.4. The molecule has 11 heavy (non-hydrogen) atoms. The Labute approximate surface area is 63.4 Å². The zero-order valence-corrected chi connectivity index (χ0v) is 5.69. The Morgan fingerprint density at radius 2 is 1.91 bits per heavy atom. The van der Waals surface area contributed by atoms with E-state index in [4.69, 9.17) is 0 Å². The Morgan fingerprint density at radius 3 is 2.45 bits per heavy atom. The minimum absolute atomic E-state index is 0.406. The highest BCUT2D eigenvalue weighted by molar-refractivity contribution is 5.19. The van der Waals surface area contributed by atoms with Gasteiger partial charge in [-0.15, -0.1) is 0 Å². The number of hydrogen-bond acceptors (Lipinski definition) is 4. The van der Waals surface area contributed by atoms with Crippen LogP contribution in [0.2, 0.25) is 0 Å². The zero-order valence-electron chi connectivity index (χ0n) is 5.69. The van der Waals surface area contributed by atoms with Gasteiger partial charge in [0.2, 0.25) is 0 Å². The zero-order chi connectivity index (χ0) is 8.10. The van der Waals surface area contributed by atoms with Crippen LogP contribution >= 0.6 is 0 Å². The van der Waals surface area contributed by atoms with Gasteiger partial charge in [-0.05, 0) is 17.5 Å². The molecule has 0 aromatic heterocycles. The number of quaternary nitrogens is 1. The number of hydrogen-bond donors (Lipinski definition) is 2. The molecule has 0 aliphatic carbocycles. The van der Waals surface area contributed by atoms with Crippen LogP contribution in [0, 0.1) is 5.21 Å². The van der Waals surface area contributed by atoms with Gasteiger partial charge in [0, 0.05) is 0 Å². The molecule has 0 bridgehead atoms. The van der Waals surface area contributed by atoms with Gasteiger partial charge in [0.15, 0.2) is 5.75 Å². The van der Waals surface area contributed by atoms with Crippen molar-refractivity contribution in [2.24, 2.45) is 5.90 Å². The monoisotopic (exact) mass is 156 g/mol. The van der Waals surface area contributed by atoms with E-state index < -0.39 is 5.39 Å². The fraction of sp³-hybridized carbons (Fsp3) is 0. The van der Waals surface area contributed by atoms with Crippen LogP contribution in [0.5, 0.6) is 5.75 Å². The molecule has 1 atom stereocenters. The third kappa shape index (κ3) is 2.52. The maximum Gasteiger partial charge on any atom is 0.195 e. The van der Waals surface area contributed by atoms with Crippen molar-refractivity contribution in [2.45, 2.75) is 0 Å². The summed E-state index contributed by atoms with van der Waals surface area (Å²) in [7, 11) is 0. The summed E-state index contributed by atoms with van der Waals surface area (Å²) >= 11 is 0. The van der Waals surface area contributed by atoms with Crippen LogP contribution in [-0.2, 0) is 4.94 Å². The fourth-order valence-corrected chi connectivity index (χ4v) is 0.609. The number of nitrogens with two attached hydrogens (primary N) is 1. The van der Waals surface area contributed by atoms with Gasteiger partial charge in [0.25, 0.3) is 0 Å². The molecule has 0 heterocycles. The minimum Gasteiger partial charge on any atom is -0.555 e. The molecule has 0 radical (unpaired) electrons. The molecule has 3 N–H and O–H groups in total. The summed E-state index contributed by atoms with van der Waals surface area (Å²) in [5.74, 6) is 4.95. The fourth-order valence-electron chi connectivity index (χ4n) is 0.609. The smallest absolute Gasteiger partial charge is 0.195 e. The van der Waals surface area contributed by atoms with Gasteiger partial charge < -0.3 is 5.21 Å². The second-order valence-electron chi connectivity index (χ2n) is 1.78. The number of para-hydroxylation sites is 1. The van der Waals surface area contributed by atoms with Crippen molar-refractivity contribution in [1.82, 2.24) is 0 Å². The molecule has 60 valence electrons. The average molecular weight is 156 g/mol. The van der Waals surface area contributed by atoms with E-state index in [1.807, 2.05) is 0 Å². The normalized spacial score (nSPS) is 12.5. The lowest BCUT2D eigenvalue weighted by Crippen LogP contribution is -3.09. The van der Waals surface area contributed by atoms with Crippen molar-refractivity contribution in [3.8, 4) is 5.75 Å². The molecule has 1 rings (SSSR count). The molecular weight excluding hydrogens is 148 g/mol. The summed E-state index contributed by atoms with van der Waals surface area (Å²) in [6, 6.07) is 8.52. The topological polar surface area (TPSA) is 72.0 Å². The molecule has 5 nitrogen and oxygen atoms in total. The van der Waals surface area contributed by atoms with E-state index >= 15 is 0 Å². The standard InChI is InChI=1S/C6H8N2O3/c7-11-8(9)10-6-4-2-1-3-5-6/h1-5,8H,7H2. The highest BCUT2D eigenvalue weighted by Gasteiger charge is 1.96. The Morgan fingerprint density at radius 1 is 1.27 bits per heavy atom. The minimum atomic E-state index is -0.920. The molecule has 0 spiro atoms. The van der Waals surface area contributed by atoms with Crippen LogP contribution in [0.25, 0.3) is 0 Å². The van der Waals surface area contributed by atoms with E-state index in [1.165, 1.54) is 0 Å². The van der Waals surface area contributed by atoms with Gasteiger partial charge >= 0.3 is 0 Å². The largest absolute Gasteiger partial charge is 0.555 e. The van der Waals surface area contributed by atoms with Crippen molar-refractivity contribution in [1.29, 1.82) is 0 Å². The van der Waals surface area contributed by atoms with Crippen LogP contribution in [0.1, 0.15) is 0 Å². The Balaban J connectivity index is 2.51. The Bertz CT molecular complexity index is 204. The first-order chi connectivity index (χ1) is 5.33. The molecule has 1 unspecified atom stereocenters. The summed E-state index contributed by atoms with van der Waals surface area (Å²) < 4.78 is 0. The van der Waals surface area contributed by atoms with Gasteiger partial charge in [-0.1, -0.05) is 23.1 Å². The number of benzene rings is 1. The van der Waals surface area contributed by atoms with E-state index in [-0.39, 0.29) is 0 Å². The number of nitrogens with one attached hydrogen (secondary N) is 1. The Hall–Kier alpha value is -1.14. The molecule has 0 saturated carbocycles.